The number of hydrogen-bond acceptors (Lipinski definition) is 8. The van der Waals surface area contributed by atoms with Gasteiger partial charge in [0, 0.05) is 50.6 Å². The van der Waals surface area contributed by atoms with E-state index < -0.39 is 17.9 Å². The Morgan fingerprint density at radius 1 is 1.32 bits per heavy atom. The molecule has 2 aliphatic heterocycles. The molecule has 3 aromatic heterocycles. The lowest BCUT2D eigenvalue weighted by Crippen LogP contribution is -2.48. The van der Waals surface area contributed by atoms with Gasteiger partial charge in [0.1, 0.15) is 11.2 Å². The molecule has 34 heavy (non-hydrogen) atoms. The van der Waals surface area contributed by atoms with Crippen LogP contribution < -0.4 is 15.0 Å². The third-order valence-electron chi connectivity index (χ3n) is 6.12. The number of hydrogen-bond donors (Lipinski definition) is 2. The molecule has 5 heterocycles. The van der Waals surface area contributed by atoms with E-state index in [9.17, 15) is 18.7 Å². The smallest absolute Gasteiger partial charge is 0.261 e. The van der Waals surface area contributed by atoms with Crippen LogP contribution in [0.3, 0.4) is 0 Å². The van der Waals surface area contributed by atoms with E-state index in [1.807, 2.05) is 4.90 Å². The molecule has 0 saturated carbocycles. The van der Waals surface area contributed by atoms with Gasteiger partial charge in [-0.15, -0.1) is 0 Å². The van der Waals surface area contributed by atoms with E-state index in [0.717, 1.165) is 5.56 Å². The predicted octanol–water partition coefficient (Wildman–Crippen LogP) is 1.45. The van der Waals surface area contributed by atoms with E-state index in [4.69, 9.17) is 4.74 Å². The van der Waals surface area contributed by atoms with Gasteiger partial charge in [-0.2, -0.15) is 10.1 Å². The minimum Gasteiger partial charge on any atom is -0.468 e. The molecule has 0 unspecified atom stereocenters. The highest BCUT2D eigenvalue weighted by Crippen LogP contribution is 2.39. The van der Waals surface area contributed by atoms with E-state index >= 15 is 0 Å². The number of piperazine rings is 1. The van der Waals surface area contributed by atoms with Crippen LogP contribution in [0.5, 0.6) is 5.88 Å². The summed E-state index contributed by atoms with van der Waals surface area (Å²) in [5.74, 6) is 0.504. The summed E-state index contributed by atoms with van der Waals surface area (Å²) in [6, 6.07) is 3.52. The molecule has 0 aromatic carbocycles. The Labute approximate surface area is 194 Å². The molecule has 10 nitrogen and oxygen atoms in total. The van der Waals surface area contributed by atoms with Crippen LogP contribution in [-0.2, 0) is 6.42 Å². The second-order valence-electron chi connectivity index (χ2n) is 8.79. The molecule has 5 rings (SSSR count). The van der Waals surface area contributed by atoms with Gasteiger partial charge < -0.3 is 20.1 Å². The Bertz CT molecular complexity index is 1210. The highest BCUT2D eigenvalue weighted by atomic mass is 19.3. The van der Waals surface area contributed by atoms with E-state index in [2.05, 4.69) is 20.4 Å². The van der Waals surface area contributed by atoms with Crippen LogP contribution in [0.15, 0.2) is 30.7 Å². The summed E-state index contributed by atoms with van der Waals surface area (Å²) in [7, 11) is 0. The summed E-state index contributed by atoms with van der Waals surface area (Å²) in [6.07, 6.45) is 2.79. The summed E-state index contributed by atoms with van der Waals surface area (Å²) in [5.41, 5.74) is 1.19. The number of nitrogens with zero attached hydrogens (tertiary/aromatic N) is 6. The average Bonchev–Trinajstić information content (AvgIpc) is 3.39. The maximum Gasteiger partial charge on any atom is 0.261 e. The molecule has 0 radical (unpaired) electrons. The second kappa shape index (κ2) is 8.76. The minimum atomic E-state index is -2.39. The van der Waals surface area contributed by atoms with Crippen LogP contribution in [-0.4, -0.2) is 86.9 Å². The van der Waals surface area contributed by atoms with Crippen molar-refractivity contribution in [1.82, 2.24) is 24.5 Å². The zero-order valence-electron chi connectivity index (χ0n) is 18.6. The molecular formula is C22H25F2N7O3. The number of aromatic nitrogens is 4. The van der Waals surface area contributed by atoms with Crippen LogP contribution in [0.25, 0.3) is 5.65 Å². The maximum absolute atomic E-state index is 13.2. The normalized spacial score (nSPS) is 20.6. The van der Waals surface area contributed by atoms with Crippen LogP contribution in [0, 0.1) is 0 Å². The zero-order valence-corrected chi connectivity index (χ0v) is 18.6. The van der Waals surface area contributed by atoms with Crippen molar-refractivity contribution < 1.29 is 23.4 Å². The fraction of sp³-hybridized carbons (Fsp3) is 0.455. The van der Waals surface area contributed by atoms with Gasteiger partial charge in [0.2, 0.25) is 5.88 Å². The average molecular weight is 473 g/mol. The minimum absolute atomic E-state index is 0.180. The Morgan fingerprint density at radius 3 is 2.85 bits per heavy atom. The lowest BCUT2D eigenvalue weighted by Gasteiger charge is -2.36. The van der Waals surface area contributed by atoms with Gasteiger partial charge in [0.15, 0.2) is 11.5 Å². The van der Waals surface area contributed by atoms with Gasteiger partial charge in [0.25, 0.3) is 12.3 Å². The fourth-order valence-electron chi connectivity index (χ4n) is 4.35. The summed E-state index contributed by atoms with van der Waals surface area (Å²) in [5, 5.41) is 16.8. The summed E-state index contributed by atoms with van der Waals surface area (Å²) in [4.78, 5) is 25.7. The number of aliphatic hydroxyl groups is 1. The molecule has 2 N–H and O–H groups in total. The van der Waals surface area contributed by atoms with Crippen LogP contribution in [0.2, 0.25) is 0 Å². The van der Waals surface area contributed by atoms with Gasteiger partial charge >= 0.3 is 0 Å². The summed E-state index contributed by atoms with van der Waals surface area (Å²) >= 11 is 0. The first-order valence-electron chi connectivity index (χ1n) is 11.0. The van der Waals surface area contributed by atoms with Gasteiger partial charge in [-0.1, -0.05) is 0 Å². The van der Waals surface area contributed by atoms with E-state index in [1.54, 1.807) is 36.4 Å². The van der Waals surface area contributed by atoms with E-state index in [0.29, 0.717) is 61.2 Å². The van der Waals surface area contributed by atoms with Crippen molar-refractivity contribution in [2.75, 3.05) is 49.5 Å². The number of carbonyl (C=O) groups excluding carboxylic acids is 1. The molecule has 0 aliphatic carbocycles. The monoisotopic (exact) mass is 473 g/mol. The van der Waals surface area contributed by atoms with Crippen molar-refractivity contribution in [2.24, 2.45) is 0 Å². The molecule has 1 saturated heterocycles. The number of aliphatic hydroxyl groups excluding tert-OH is 1. The molecule has 180 valence electrons. The van der Waals surface area contributed by atoms with Crippen molar-refractivity contribution in [2.45, 2.75) is 25.4 Å². The number of ether oxygens (including phenoxy) is 1. The molecule has 1 fully saturated rings. The van der Waals surface area contributed by atoms with Gasteiger partial charge in [-0.05, 0) is 19.1 Å². The van der Waals surface area contributed by atoms with Crippen molar-refractivity contribution in [3.8, 4) is 5.88 Å². The van der Waals surface area contributed by atoms with Crippen molar-refractivity contribution in [3.63, 3.8) is 0 Å². The van der Waals surface area contributed by atoms with Gasteiger partial charge in [-0.3, -0.25) is 9.69 Å². The second-order valence-corrected chi connectivity index (χ2v) is 8.79. The van der Waals surface area contributed by atoms with Crippen molar-refractivity contribution in [1.29, 1.82) is 0 Å². The third-order valence-corrected chi connectivity index (χ3v) is 6.12. The van der Waals surface area contributed by atoms with Crippen molar-refractivity contribution in [3.05, 3.63) is 41.9 Å². The first-order valence-corrected chi connectivity index (χ1v) is 11.0. The standard InChI is InChI=1S/C22H25F2N7O3/c1-22(13-32)10-14-9-16(27-20(33)15-11-26-31-4-2-3-25-18(15)31)19(28-21(14)34-22)30-7-5-29(6-8-30)12-17(23)24/h2-4,9,11,17,32H,5-8,10,12-13H2,1H3,(H,27,33)/t22-/m1/s1. The number of nitrogens with one attached hydrogen (secondary N) is 1. The molecule has 1 amide bonds. The quantitative estimate of drug-likeness (QED) is 0.554. The Morgan fingerprint density at radius 2 is 2.12 bits per heavy atom. The first-order chi connectivity index (χ1) is 16.3. The van der Waals surface area contributed by atoms with Gasteiger partial charge in [0.05, 0.1) is 25.0 Å². The number of amides is 1. The highest BCUT2D eigenvalue weighted by Gasteiger charge is 2.37. The third kappa shape index (κ3) is 4.26. The van der Waals surface area contributed by atoms with E-state index in [-0.39, 0.29) is 13.2 Å². The number of halogens is 2. The van der Waals surface area contributed by atoms with Crippen LogP contribution in [0.4, 0.5) is 20.3 Å². The van der Waals surface area contributed by atoms with E-state index in [1.165, 1.54) is 10.7 Å². The fourth-order valence-corrected chi connectivity index (χ4v) is 4.35. The number of pyridine rings is 1. The molecule has 12 heteroatoms. The summed E-state index contributed by atoms with van der Waals surface area (Å²) in [6.45, 7) is 3.18. The highest BCUT2D eigenvalue weighted by molar-refractivity contribution is 6.09. The number of fused-ring (bicyclic) bond motifs is 2. The number of alkyl halides is 2. The Hall–Kier alpha value is -3.38. The van der Waals surface area contributed by atoms with Gasteiger partial charge in [-0.25, -0.2) is 18.3 Å². The predicted molar refractivity (Wildman–Crippen MR) is 120 cm³/mol. The largest absolute Gasteiger partial charge is 0.468 e. The molecule has 1 atom stereocenters. The van der Waals surface area contributed by atoms with Crippen LogP contribution in [0.1, 0.15) is 22.8 Å². The Balaban J connectivity index is 1.45. The van der Waals surface area contributed by atoms with Crippen molar-refractivity contribution >= 4 is 23.1 Å². The molecule has 0 bridgehead atoms. The zero-order chi connectivity index (χ0) is 23.9. The SMILES string of the molecule is C[C@]1(CO)Cc2cc(NC(=O)c3cnn4cccnc34)c(N3CCN(CC(F)F)CC3)nc2O1. The summed E-state index contributed by atoms with van der Waals surface area (Å²) < 4.78 is 33.0. The molecule has 2 aliphatic rings. The van der Waals surface area contributed by atoms with Crippen LogP contribution >= 0.6 is 0 Å². The number of anilines is 2. The lowest BCUT2D eigenvalue weighted by atomic mass is 10.0. The lowest BCUT2D eigenvalue weighted by molar-refractivity contribution is 0.0416. The Kier molecular flexibility index (Phi) is 5.78. The molecule has 0 spiro atoms. The maximum atomic E-state index is 13.2. The molecule has 3 aromatic rings. The number of rotatable bonds is 6. The number of carbonyl (C=O) groups is 1. The first kappa shape index (κ1) is 22.4. The topological polar surface area (TPSA) is 108 Å². The molecular weight excluding hydrogens is 448 g/mol.